The summed E-state index contributed by atoms with van der Waals surface area (Å²) < 4.78 is 15.8. The molecule has 2 nitrogen and oxygen atoms in total. The number of hydrogen-bond donors (Lipinski definition) is 0. The van der Waals surface area contributed by atoms with E-state index in [1.54, 1.807) is 9.63 Å². The van der Waals surface area contributed by atoms with E-state index in [4.69, 9.17) is 0 Å². The summed E-state index contributed by atoms with van der Waals surface area (Å²) >= 11 is -0.0958. The second-order valence-electron chi connectivity index (χ2n) is 3.67. The Bertz CT molecular complexity index is 730. The van der Waals surface area contributed by atoms with Gasteiger partial charge in [-0.1, -0.05) is 0 Å². The molecule has 1 aromatic heterocycles. The predicted molar refractivity (Wildman–Crippen MR) is 66.4 cm³/mol. The van der Waals surface area contributed by atoms with Crippen LogP contribution in [0.3, 0.4) is 0 Å². The molecule has 4 heteroatoms. The van der Waals surface area contributed by atoms with E-state index in [2.05, 4.69) is 0 Å². The fourth-order valence-corrected chi connectivity index (χ4v) is 3.78. The third-order valence-electron chi connectivity index (χ3n) is 2.54. The second-order valence-corrected chi connectivity index (χ2v) is 5.74. The van der Waals surface area contributed by atoms with E-state index in [1.807, 2.05) is 30.3 Å². The van der Waals surface area contributed by atoms with Gasteiger partial charge in [0.25, 0.3) is 0 Å². The normalized spacial score (nSPS) is 10.9. The van der Waals surface area contributed by atoms with Crippen LogP contribution in [0.1, 0.15) is 0 Å². The molecule has 17 heavy (non-hydrogen) atoms. The monoisotopic (exact) mass is 293 g/mol. The first kappa shape index (κ1) is 10.5. The third-order valence-corrected chi connectivity index (χ3v) is 4.87. The van der Waals surface area contributed by atoms with Crippen LogP contribution in [-0.4, -0.2) is 18.3 Å². The van der Waals surface area contributed by atoms with Gasteiger partial charge < -0.3 is 0 Å². The Morgan fingerprint density at radius 1 is 1.06 bits per heavy atom. The first-order valence-corrected chi connectivity index (χ1v) is 6.75. The van der Waals surface area contributed by atoms with E-state index in [0.717, 1.165) is 9.95 Å². The van der Waals surface area contributed by atoms with E-state index < -0.39 is 0 Å². The van der Waals surface area contributed by atoms with Crippen LogP contribution in [0.15, 0.2) is 53.3 Å². The second kappa shape index (κ2) is 3.99. The van der Waals surface area contributed by atoms with Gasteiger partial charge >= 0.3 is 103 Å². The number of rotatable bonds is 1. The van der Waals surface area contributed by atoms with Crippen molar-refractivity contribution < 1.29 is 4.39 Å². The van der Waals surface area contributed by atoms with Gasteiger partial charge in [0.05, 0.1) is 0 Å². The summed E-state index contributed by atoms with van der Waals surface area (Å²) in [5, 5.41) is 0.494. The van der Waals surface area contributed by atoms with Crippen molar-refractivity contribution in [2.45, 2.75) is 0 Å². The van der Waals surface area contributed by atoms with Crippen molar-refractivity contribution in [1.82, 2.24) is 3.56 Å². The Labute approximate surface area is 103 Å². The molecule has 0 unspecified atom stereocenters. The van der Waals surface area contributed by atoms with Crippen molar-refractivity contribution in [3.8, 4) is 5.69 Å². The number of halogens is 1. The molecule has 2 aromatic carbocycles. The van der Waals surface area contributed by atoms with E-state index in [-0.39, 0.29) is 26.1 Å². The Morgan fingerprint density at radius 3 is 2.59 bits per heavy atom. The molecule has 0 N–H and O–H groups in total. The molecule has 0 bridgehead atoms. The van der Waals surface area contributed by atoms with Crippen molar-refractivity contribution in [2.24, 2.45) is 0 Å². The maximum atomic E-state index is 13.1. The van der Waals surface area contributed by atoms with Crippen molar-refractivity contribution in [2.75, 3.05) is 0 Å². The van der Waals surface area contributed by atoms with Gasteiger partial charge in [-0.2, -0.15) is 0 Å². The first-order chi connectivity index (χ1) is 8.25. The zero-order valence-electron chi connectivity index (χ0n) is 8.76. The number of benzene rings is 2. The Balaban J connectivity index is 2.33. The molecule has 0 aliphatic heterocycles. The summed E-state index contributed by atoms with van der Waals surface area (Å²) in [5.74, 6) is -0.359. The summed E-state index contributed by atoms with van der Waals surface area (Å²) in [4.78, 5) is 12.1. The van der Waals surface area contributed by atoms with Crippen molar-refractivity contribution in [3.63, 3.8) is 0 Å². The minimum atomic E-state index is -0.359. The molecule has 3 rings (SSSR count). The third kappa shape index (κ3) is 1.75. The zero-order valence-corrected chi connectivity index (χ0v) is 10.5. The molecule has 3 aromatic rings. The summed E-state index contributed by atoms with van der Waals surface area (Å²) in [6.07, 6.45) is 0. The molecule has 0 saturated heterocycles. The average molecular weight is 292 g/mol. The molecule has 0 saturated carbocycles. The van der Waals surface area contributed by atoms with Gasteiger partial charge in [0.15, 0.2) is 0 Å². The molecule has 1 heterocycles. The summed E-state index contributed by atoms with van der Waals surface area (Å²) in [5.41, 5.74) is 0.764. The summed E-state index contributed by atoms with van der Waals surface area (Å²) in [7, 11) is 0. The number of nitrogens with zero attached hydrogens (tertiary/aromatic N) is 1. The number of para-hydroxylation sites is 1. The average Bonchev–Trinajstić information content (AvgIpc) is 2.68. The molecule has 0 aliphatic carbocycles. The fourth-order valence-electron chi connectivity index (χ4n) is 1.73. The van der Waals surface area contributed by atoms with Crippen LogP contribution >= 0.6 is 0 Å². The topological polar surface area (TPSA) is 22.0 Å². The van der Waals surface area contributed by atoms with Crippen LogP contribution in [0.25, 0.3) is 15.3 Å². The number of hydrogen-bond acceptors (Lipinski definition) is 1. The van der Waals surface area contributed by atoms with E-state index in [9.17, 15) is 9.18 Å². The van der Waals surface area contributed by atoms with Crippen molar-refractivity contribution in [1.29, 1.82) is 0 Å². The molecule has 0 spiro atoms. The summed E-state index contributed by atoms with van der Waals surface area (Å²) in [6.45, 7) is 0. The van der Waals surface area contributed by atoms with Gasteiger partial charge in [-0.25, -0.2) is 0 Å². The van der Waals surface area contributed by atoms with Crippen molar-refractivity contribution in [3.05, 3.63) is 64.7 Å². The van der Waals surface area contributed by atoms with Crippen molar-refractivity contribution >= 4 is 24.4 Å². The van der Waals surface area contributed by atoms with Gasteiger partial charge in [0, 0.05) is 0 Å². The molecular formula is C13H8FNOSe. The Morgan fingerprint density at radius 2 is 1.82 bits per heavy atom. The van der Waals surface area contributed by atoms with E-state index in [0.29, 0.717) is 5.39 Å². The standard InChI is InChI=1S/C13H8FNOSe/c14-9-6-7-12-11(8-9)13(16)15(17-12)10-4-2-1-3-5-10/h1-8H. The quantitative estimate of drug-likeness (QED) is 0.630. The van der Waals surface area contributed by atoms with Gasteiger partial charge in [-0.15, -0.1) is 0 Å². The van der Waals surface area contributed by atoms with Gasteiger partial charge in [-0.05, 0) is 0 Å². The fraction of sp³-hybridized carbons (Fsp3) is 0. The van der Waals surface area contributed by atoms with E-state index in [1.165, 1.54) is 12.1 Å². The molecule has 0 amide bonds. The predicted octanol–water partition coefficient (Wildman–Crippen LogP) is 2.19. The van der Waals surface area contributed by atoms with Crippen LogP contribution in [0.4, 0.5) is 4.39 Å². The van der Waals surface area contributed by atoms with Gasteiger partial charge in [-0.3, -0.25) is 0 Å². The summed E-state index contributed by atoms with van der Waals surface area (Å²) in [6, 6.07) is 13.9. The van der Waals surface area contributed by atoms with Crippen LogP contribution in [0, 0.1) is 5.82 Å². The first-order valence-electron chi connectivity index (χ1n) is 5.13. The van der Waals surface area contributed by atoms with Crippen LogP contribution < -0.4 is 5.56 Å². The van der Waals surface area contributed by atoms with Crippen LogP contribution in [0.2, 0.25) is 0 Å². The molecule has 0 atom stereocenters. The molecule has 0 radical (unpaired) electrons. The molecule has 0 aliphatic rings. The number of fused-ring (bicyclic) bond motifs is 1. The van der Waals surface area contributed by atoms with Crippen LogP contribution in [0.5, 0.6) is 0 Å². The number of aromatic nitrogens is 1. The Kier molecular flexibility index (Phi) is 2.46. The van der Waals surface area contributed by atoms with Crippen LogP contribution in [-0.2, 0) is 0 Å². The zero-order chi connectivity index (χ0) is 11.8. The Hall–Kier alpha value is -1.64. The molecular weight excluding hydrogens is 284 g/mol. The minimum absolute atomic E-state index is 0.0958. The van der Waals surface area contributed by atoms with E-state index >= 15 is 0 Å². The maximum absolute atomic E-state index is 13.1. The van der Waals surface area contributed by atoms with Gasteiger partial charge in [0.1, 0.15) is 0 Å². The molecule has 0 fully saturated rings. The molecule has 84 valence electrons. The SMILES string of the molecule is O=c1c2cc(F)ccc2[se]n1-c1ccccc1. The van der Waals surface area contributed by atoms with Gasteiger partial charge in [0.2, 0.25) is 0 Å².